The standard InChI is InChI=1S/C15H7F7N2O2S/c16-10-2-1-3-11-12(10)13(24-27(11,25)26)23-9-5-7(14(17,18)19)4-8(6-9)15(20,21)22/h1-6H,(H,23,24). The van der Waals surface area contributed by atoms with Gasteiger partial charge in [-0.15, -0.1) is 4.40 Å². The summed E-state index contributed by atoms with van der Waals surface area (Å²) in [7, 11) is -4.33. The molecule has 0 fully saturated rings. The van der Waals surface area contributed by atoms with Crippen molar-refractivity contribution in [3.05, 3.63) is 58.9 Å². The number of hydrogen-bond donors (Lipinski definition) is 1. The molecular formula is C15H7F7N2O2S. The zero-order valence-electron chi connectivity index (χ0n) is 12.8. The van der Waals surface area contributed by atoms with Crippen LogP contribution in [0.3, 0.4) is 0 Å². The molecule has 1 heterocycles. The Labute approximate surface area is 147 Å². The summed E-state index contributed by atoms with van der Waals surface area (Å²) >= 11 is 0. The maximum absolute atomic E-state index is 14.0. The Morgan fingerprint density at radius 1 is 0.889 bits per heavy atom. The molecule has 0 atom stereocenters. The third-order valence-corrected chi connectivity index (χ3v) is 4.87. The van der Waals surface area contributed by atoms with Gasteiger partial charge in [-0.05, 0) is 30.3 Å². The molecule has 1 N–H and O–H groups in total. The number of halogens is 7. The minimum atomic E-state index is -5.09. The molecule has 27 heavy (non-hydrogen) atoms. The van der Waals surface area contributed by atoms with Crippen LogP contribution in [0.2, 0.25) is 0 Å². The smallest absolute Gasteiger partial charge is 0.339 e. The Balaban J connectivity index is 2.12. The number of nitrogens with zero attached hydrogens (tertiary/aromatic N) is 1. The second-order valence-corrected chi connectivity index (χ2v) is 7.02. The molecule has 1 aliphatic rings. The van der Waals surface area contributed by atoms with Gasteiger partial charge in [0, 0.05) is 5.69 Å². The van der Waals surface area contributed by atoms with Gasteiger partial charge >= 0.3 is 12.4 Å². The molecule has 12 heteroatoms. The third-order valence-electron chi connectivity index (χ3n) is 3.55. The molecule has 4 nitrogen and oxygen atoms in total. The molecule has 0 saturated carbocycles. The lowest BCUT2D eigenvalue weighted by molar-refractivity contribution is -0.143. The van der Waals surface area contributed by atoms with Gasteiger partial charge in [-0.25, -0.2) is 4.39 Å². The molecular weight excluding hydrogens is 405 g/mol. The lowest BCUT2D eigenvalue weighted by atomic mass is 10.1. The Kier molecular flexibility index (Phi) is 4.21. The van der Waals surface area contributed by atoms with Crippen molar-refractivity contribution in [1.82, 2.24) is 0 Å². The van der Waals surface area contributed by atoms with Crippen LogP contribution in [0, 0.1) is 5.82 Å². The fourth-order valence-corrected chi connectivity index (χ4v) is 3.59. The Morgan fingerprint density at radius 3 is 1.96 bits per heavy atom. The summed E-state index contributed by atoms with van der Waals surface area (Å²) in [6.45, 7) is 0. The van der Waals surface area contributed by atoms with Crippen LogP contribution in [-0.4, -0.2) is 14.3 Å². The van der Waals surface area contributed by atoms with Crippen molar-refractivity contribution < 1.29 is 39.2 Å². The van der Waals surface area contributed by atoms with Crippen LogP contribution in [0.5, 0.6) is 0 Å². The SMILES string of the molecule is O=S1(=O)N=C(Nc2cc(C(F)(F)F)cc(C(F)(F)F)c2)c2c(F)cccc21. The van der Waals surface area contributed by atoms with Crippen molar-refractivity contribution in [3.8, 4) is 0 Å². The fraction of sp³-hybridized carbons (Fsp3) is 0.133. The fourth-order valence-electron chi connectivity index (χ4n) is 2.41. The highest BCUT2D eigenvalue weighted by Crippen LogP contribution is 2.38. The molecule has 0 aliphatic carbocycles. The highest BCUT2D eigenvalue weighted by Gasteiger charge is 2.38. The number of fused-ring (bicyclic) bond motifs is 1. The predicted molar refractivity (Wildman–Crippen MR) is 80.2 cm³/mol. The summed E-state index contributed by atoms with van der Waals surface area (Å²) in [5, 5.41) is 2.05. The normalized spacial score (nSPS) is 16.0. The number of anilines is 1. The summed E-state index contributed by atoms with van der Waals surface area (Å²) in [5.74, 6) is -1.77. The van der Waals surface area contributed by atoms with Crippen LogP contribution in [0.25, 0.3) is 0 Å². The van der Waals surface area contributed by atoms with E-state index >= 15 is 0 Å². The summed E-state index contributed by atoms with van der Waals surface area (Å²) in [4.78, 5) is -0.548. The van der Waals surface area contributed by atoms with E-state index in [0.717, 1.165) is 18.2 Å². The van der Waals surface area contributed by atoms with E-state index in [0.29, 0.717) is 12.1 Å². The van der Waals surface area contributed by atoms with Gasteiger partial charge in [0.05, 0.1) is 16.7 Å². The molecule has 144 valence electrons. The van der Waals surface area contributed by atoms with Crippen LogP contribution >= 0.6 is 0 Å². The largest absolute Gasteiger partial charge is 0.416 e. The van der Waals surface area contributed by atoms with Crippen molar-refractivity contribution in [2.24, 2.45) is 4.40 Å². The minimum absolute atomic E-state index is 0.0904. The van der Waals surface area contributed by atoms with Gasteiger partial charge in [0.15, 0.2) is 5.84 Å². The number of rotatable bonds is 1. The summed E-state index contributed by atoms with van der Waals surface area (Å²) < 4.78 is 118. The highest BCUT2D eigenvalue weighted by molar-refractivity contribution is 7.90. The lowest BCUT2D eigenvalue weighted by Gasteiger charge is -2.15. The number of alkyl halides is 6. The number of sulfonamides is 1. The van der Waals surface area contributed by atoms with Crippen LogP contribution in [0.1, 0.15) is 16.7 Å². The average Bonchev–Trinajstić information content (AvgIpc) is 2.77. The molecule has 0 spiro atoms. The zero-order chi connectivity index (χ0) is 20.2. The van der Waals surface area contributed by atoms with Crippen LogP contribution in [0.15, 0.2) is 45.7 Å². The number of benzene rings is 2. The maximum atomic E-state index is 14.0. The van der Waals surface area contributed by atoms with Gasteiger partial charge in [0.2, 0.25) is 0 Å². The molecule has 0 aromatic heterocycles. The minimum Gasteiger partial charge on any atom is -0.339 e. The summed E-state index contributed by atoms with van der Waals surface area (Å²) in [5.41, 5.74) is -4.55. The Hall–Kier alpha value is -2.63. The highest BCUT2D eigenvalue weighted by atomic mass is 32.2. The van der Waals surface area contributed by atoms with E-state index in [1.165, 1.54) is 0 Å². The van der Waals surface area contributed by atoms with Crippen LogP contribution in [0.4, 0.5) is 36.4 Å². The Bertz CT molecular complexity index is 1020. The second kappa shape index (κ2) is 5.94. The van der Waals surface area contributed by atoms with E-state index in [2.05, 4.69) is 4.40 Å². The first-order chi connectivity index (χ1) is 12.3. The van der Waals surface area contributed by atoms with E-state index < -0.39 is 61.3 Å². The molecule has 0 radical (unpaired) electrons. The van der Waals surface area contributed by atoms with E-state index in [1.807, 2.05) is 5.32 Å². The van der Waals surface area contributed by atoms with Gasteiger partial charge in [-0.2, -0.15) is 34.8 Å². The van der Waals surface area contributed by atoms with E-state index in [-0.39, 0.29) is 6.07 Å². The molecule has 0 unspecified atom stereocenters. The lowest BCUT2D eigenvalue weighted by Crippen LogP contribution is -2.16. The van der Waals surface area contributed by atoms with Gasteiger partial charge in [-0.1, -0.05) is 6.07 Å². The average molecular weight is 412 g/mol. The van der Waals surface area contributed by atoms with Gasteiger partial charge < -0.3 is 5.32 Å². The quantitative estimate of drug-likeness (QED) is 0.706. The van der Waals surface area contributed by atoms with Gasteiger partial charge in [-0.3, -0.25) is 0 Å². The first kappa shape index (κ1) is 19.1. The van der Waals surface area contributed by atoms with Crippen LogP contribution < -0.4 is 5.32 Å². The van der Waals surface area contributed by atoms with Crippen molar-refractivity contribution in [2.45, 2.75) is 17.2 Å². The van der Waals surface area contributed by atoms with Crippen molar-refractivity contribution in [3.63, 3.8) is 0 Å². The van der Waals surface area contributed by atoms with Gasteiger partial charge in [0.1, 0.15) is 10.7 Å². The molecule has 0 bridgehead atoms. The zero-order valence-corrected chi connectivity index (χ0v) is 13.6. The maximum Gasteiger partial charge on any atom is 0.416 e. The summed E-state index contributed by atoms with van der Waals surface area (Å²) in [6, 6.07) is 3.55. The van der Waals surface area contributed by atoms with Gasteiger partial charge in [0.25, 0.3) is 10.0 Å². The van der Waals surface area contributed by atoms with Crippen molar-refractivity contribution >= 4 is 21.5 Å². The first-order valence-corrected chi connectivity index (χ1v) is 8.43. The first-order valence-electron chi connectivity index (χ1n) is 6.99. The number of hydrogen-bond acceptors (Lipinski definition) is 3. The molecule has 0 amide bonds. The monoisotopic (exact) mass is 412 g/mol. The third kappa shape index (κ3) is 3.61. The predicted octanol–water partition coefficient (Wildman–Crippen LogP) is 4.42. The van der Waals surface area contributed by atoms with E-state index in [1.54, 1.807) is 0 Å². The van der Waals surface area contributed by atoms with Crippen LogP contribution in [-0.2, 0) is 22.4 Å². The van der Waals surface area contributed by atoms with Crippen molar-refractivity contribution in [2.75, 3.05) is 5.32 Å². The van der Waals surface area contributed by atoms with E-state index in [4.69, 9.17) is 0 Å². The second-order valence-electron chi connectivity index (χ2n) is 5.45. The topological polar surface area (TPSA) is 58.5 Å². The number of amidine groups is 1. The molecule has 2 aromatic carbocycles. The number of nitrogens with one attached hydrogen (secondary N) is 1. The molecule has 1 aliphatic heterocycles. The molecule has 0 saturated heterocycles. The molecule has 3 rings (SSSR count). The van der Waals surface area contributed by atoms with Crippen molar-refractivity contribution in [1.29, 1.82) is 0 Å². The Morgan fingerprint density at radius 2 is 1.44 bits per heavy atom. The van der Waals surface area contributed by atoms with E-state index in [9.17, 15) is 39.2 Å². The molecule has 2 aromatic rings. The summed E-state index contributed by atoms with van der Waals surface area (Å²) in [6.07, 6.45) is -10.2.